The molecule has 3 atom stereocenters. The lowest BCUT2D eigenvalue weighted by atomic mass is 9.95. The van der Waals surface area contributed by atoms with E-state index in [2.05, 4.69) is 25.9 Å². The van der Waals surface area contributed by atoms with Crippen molar-refractivity contribution in [3.63, 3.8) is 0 Å². The van der Waals surface area contributed by atoms with E-state index in [1.165, 1.54) is 11.3 Å². The van der Waals surface area contributed by atoms with Crippen LogP contribution in [-0.2, 0) is 9.59 Å². The molecule has 11 heteroatoms. The quantitative estimate of drug-likeness (QED) is 0.200. The van der Waals surface area contributed by atoms with E-state index in [0.29, 0.717) is 36.3 Å². The Kier molecular flexibility index (Phi) is 8.34. The molecule has 0 radical (unpaired) electrons. The lowest BCUT2D eigenvalue weighted by molar-refractivity contribution is -0.125. The number of aromatic nitrogens is 2. The number of ketones is 1. The Morgan fingerprint density at radius 1 is 1.10 bits per heavy atom. The molecule has 41 heavy (non-hydrogen) atoms. The van der Waals surface area contributed by atoms with Crippen molar-refractivity contribution in [1.29, 1.82) is 0 Å². The standard InChI is InChI=1S/C30H33N5O5S/c1-16(2)12-23(34-29(39)24-13-17-8-9-19(40-3)15-21(17)32-24)28(38)33-22(14-18-10-11-31-27(18)37)26(36)30-35-20-6-4-5-7-25(20)41-30/h4-9,13,15-16,18,22-23,32H,10-12,14H2,1-3H3,(H,31,37)(H,33,38)(H,34,39)/t18-,22-,23-/m0/s1. The van der Waals surface area contributed by atoms with Crippen molar-refractivity contribution in [2.24, 2.45) is 11.8 Å². The fourth-order valence-corrected chi connectivity index (χ4v) is 6.04. The number of benzene rings is 2. The van der Waals surface area contributed by atoms with Crippen LogP contribution in [0.4, 0.5) is 0 Å². The van der Waals surface area contributed by atoms with Crippen LogP contribution in [0.25, 0.3) is 21.1 Å². The van der Waals surface area contributed by atoms with Crippen molar-refractivity contribution in [3.8, 4) is 5.75 Å². The van der Waals surface area contributed by atoms with Crippen LogP contribution < -0.4 is 20.7 Å². The van der Waals surface area contributed by atoms with Crippen LogP contribution in [0.15, 0.2) is 48.5 Å². The molecule has 214 valence electrons. The number of H-pyrrole nitrogens is 1. The summed E-state index contributed by atoms with van der Waals surface area (Å²) in [6.45, 7) is 4.43. The largest absolute Gasteiger partial charge is 0.497 e. The molecule has 3 heterocycles. The molecule has 4 N–H and O–H groups in total. The first kappa shape index (κ1) is 28.3. The Balaban J connectivity index is 1.37. The SMILES string of the molecule is COc1ccc2cc(C(=O)N[C@@H](CC(C)C)C(=O)N[C@@H](C[C@@H]3CCNC3=O)C(=O)c3nc4ccccc4s3)[nH]c2c1. The fourth-order valence-electron chi connectivity index (χ4n) is 5.08. The molecule has 4 aromatic rings. The van der Waals surface area contributed by atoms with Gasteiger partial charge >= 0.3 is 0 Å². The van der Waals surface area contributed by atoms with E-state index in [1.54, 1.807) is 25.3 Å². The summed E-state index contributed by atoms with van der Waals surface area (Å²) in [4.78, 5) is 60.5. The summed E-state index contributed by atoms with van der Waals surface area (Å²) in [7, 11) is 1.57. The minimum atomic E-state index is -0.969. The van der Waals surface area contributed by atoms with Gasteiger partial charge in [0.25, 0.3) is 5.91 Å². The Morgan fingerprint density at radius 2 is 1.90 bits per heavy atom. The van der Waals surface area contributed by atoms with Crippen LogP contribution >= 0.6 is 11.3 Å². The van der Waals surface area contributed by atoms with Gasteiger partial charge in [-0.05, 0) is 55.5 Å². The van der Waals surface area contributed by atoms with Gasteiger partial charge in [0.2, 0.25) is 17.6 Å². The number of carbonyl (C=O) groups is 4. The molecule has 3 amide bonds. The van der Waals surface area contributed by atoms with Crippen LogP contribution in [0.2, 0.25) is 0 Å². The Morgan fingerprint density at radius 3 is 2.61 bits per heavy atom. The maximum atomic E-state index is 13.7. The average molecular weight is 576 g/mol. The van der Waals surface area contributed by atoms with Crippen LogP contribution in [0.3, 0.4) is 0 Å². The summed E-state index contributed by atoms with van der Waals surface area (Å²) >= 11 is 1.26. The first-order chi connectivity index (χ1) is 19.7. The van der Waals surface area contributed by atoms with Gasteiger partial charge < -0.3 is 25.7 Å². The molecule has 0 saturated carbocycles. The number of methoxy groups -OCH3 is 1. The third-order valence-electron chi connectivity index (χ3n) is 7.22. The van der Waals surface area contributed by atoms with Gasteiger partial charge in [-0.25, -0.2) is 4.98 Å². The smallest absolute Gasteiger partial charge is 0.268 e. The Hall–Kier alpha value is -4.25. The lowest BCUT2D eigenvalue weighted by Gasteiger charge is -2.24. The minimum absolute atomic E-state index is 0.0806. The molecule has 5 rings (SSSR count). The maximum absolute atomic E-state index is 13.7. The molecule has 1 aliphatic rings. The van der Waals surface area contributed by atoms with Crippen molar-refractivity contribution in [2.45, 2.75) is 45.2 Å². The van der Waals surface area contributed by atoms with E-state index in [4.69, 9.17) is 4.74 Å². The number of nitrogens with one attached hydrogen (secondary N) is 4. The molecule has 1 saturated heterocycles. The van der Waals surface area contributed by atoms with Crippen molar-refractivity contribution in [2.75, 3.05) is 13.7 Å². The van der Waals surface area contributed by atoms with Gasteiger partial charge in [-0.3, -0.25) is 19.2 Å². The number of hydrogen-bond acceptors (Lipinski definition) is 7. The number of nitrogens with zero attached hydrogens (tertiary/aromatic N) is 1. The predicted molar refractivity (Wildman–Crippen MR) is 157 cm³/mol. The summed E-state index contributed by atoms with van der Waals surface area (Å²) < 4.78 is 6.12. The summed E-state index contributed by atoms with van der Waals surface area (Å²) in [5.74, 6) is -1.07. The molecule has 0 unspecified atom stereocenters. The third kappa shape index (κ3) is 6.40. The summed E-state index contributed by atoms with van der Waals surface area (Å²) in [6, 6.07) is 12.7. The average Bonchev–Trinajstić information content (AvgIpc) is 3.69. The second kappa shape index (κ2) is 12.1. The number of thiazole rings is 1. The summed E-state index contributed by atoms with van der Waals surface area (Å²) in [5, 5.41) is 9.61. The van der Waals surface area contributed by atoms with E-state index >= 15 is 0 Å². The number of rotatable bonds is 11. The van der Waals surface area contributed by atoms with Crippen LogP contribution in [0.1, 0.15) is 53.4 Å². The first-order valence-electron chi connectivity index (χ1n) is 13.7. The number of carbonyl (C=O) groups excluding carboxylic acids is 4. The lowest BCUT2D eigenvalue weighted by Crippen LogP contribution is -2.52. The number of aromatic amines is 1. The molecule has 0 spiro atoms. The highest BCUT2D eigenvalue weighted by atomic mass is 32.1. The van der Waals surface area contributed by atoms with E-state index < -0.39 is 29.8 Å². The highest BCUT2D eigenvalue weighted by molar-refractivity contribution is 7.20. The molecular weight excluding hydrogens is 542 g/mol. The predicted octanol–water partition coefficient (Wildman–Crippen LogP) is 3.82. The highest BCUT2D eigenvalue weighted by Crippen LogP contribution is 2.26. The first-order valence-corrected chi connectivity index (χ1v) is 14.5. The number of para-hydroxylation sites is 1. The summed E-state index contributed by atoms with van der Waals surface area (Å²) in [6.07, 6.45) is 1.09. The van der Waals surface area contributed by atoms with Crippen molar-refractivity contribution < 1.29 is 23.9 Å². The zero-order chi connectivity index (χ0) is 29.1. The van der Waals surface area contributed by atoms with Gasteiger partial charge in [-0.1, -0.05) is 26.0 Å². The van der Waals surface area contributed by atoms with E-state index in [9.17, 15) is 19.2 Å². The zero-order valence-electron chi connectivity index (χ0n) is 23.2. The number of hydrogen-bond donors (Lipinski definition) is 4. The van der Waals surface area contributed by atoms with Crippen molar-refractivity contribution in [3.05, 3.63) is 59.2 Å². The molecule has 10 nitrogen and oxygen atoms in total. The zero-order valence-corrected chi connectivity index (χ0v) is 24.0. The van der Waals surface area contributed by atoms with Gasteiger partial charge in [0.05, 0.1) is 23.4 Å². The second-order valence-corrected chi connectivity index (χ2v) is 11.7. The number of fused-ring (bicyclic) bond motifs is 2. The topological polar surface area (TPSA) is 142 Å². The second-order valence-electron chi connectivity index (χ2n) is 10.7. The molecule has 2 aromatic heterocycles. The fraction of sp³-hybridized carbons (Fsp3) is 0.367. The van der Waals surface area contributed by atoms with Crippen molar-refractivity contribution >= 4 is 56.0 Å². The van der Waals surface area contributed by atoms with Gasteiger partial charge in [0.1, 0.15) is 17.5 Å². The third-order valence-corrected chi connectivity index (χ3v) is 8.27. The monoisotopic (exact) mass is 575 g/mol. The maximum Gasteiger partial charge on any atom is 0.268 e. The van der Waals surface area contributed by atoms with Gasteiger partial charge in [-0.2, -0.15) is 0 Å². The van der Waals surface area contributed by atoms with Crippen LogP contribution in [0.5, 0.6) is 5.75 Å². The van der Waals surface area contributed by atoms with Crippen LogP contribution in [0, 0.1) is 11.8 Å². The van der Waals surface area contributed by atoms with E-state index in [0.717, 1.165) is 15.6 Å². The van der Waals surface area contributed by atoms with Crippen LogP contribution in [-0.4, -0.2) is 59.2 Å². The van der Waals surface area contributed by atoms with E-state index in [-0.39, 0.29) is 29.0 Å². The minimum Gasteiger partial charge on any atom is -0.497 e. The molecule has 0 bridgehead atoms. The number of Topliss-reactive ketones (excluding diaryl/α,β-unsaturated/α-hetero) is 1. The normalized spacial score (nSPS) is 16.5. The Bertz CT molecular complexity index is 1580. The number of ether oxygens (including phenoxy) is 1. The molecule has 1 fully saturated rings. The van der Waals surface area contributed by atoms with E-state index in [1.807, 2.05) is 44.2 Å². The van der Waals surface area contributed by atoms with Gasteiger partial charge in [0, 0.05) is 29.4 Å². The number of amides is 3. The van der Waals surface area contributed by atoms with Gasteiger partial charge in [0.15, 0.2) is 5.01 Å². The molecule has 1 aliphatic heterocycles. The van der Waals surface area contributed by atoms with Crippen molar-refractivity contribution in [1.82, 2.24) is 25.9 Å². The Labute approximate surface area is 241 Å². The molecule has 2 aromatic carbocycles. The van der Waals surface area contributed by atoms with Gasteiger partial charge in [-0.15, -0.1) is 11.3 Å². The summed E-state index contributed by atoms with van der Waals surface area (Å²) in [5.41, 5.74) is 1.74. The highest BCUT2D eigenvalue weighted by Gasteiger charge is 2.35. The molecule has 0 aliphatic carbocycles. The molecular formula is C30H33N5O5S.